The van der Waals surface area contributed by atoms with Crippen molar-refractivity contribution in [1.82, 2.24) is 14.9 Å². The molecule has 4 nitrogen and oxygen atoms in total. The van der Waals surface area contributed by atoms with Gasteiger partial charge < -0.3 is 10.2 Å². The summed E-state index contributed by atoms with van der Waals surface area (Å²) in [5.41, 5.74) is 1.84. The first kappa shape index (κ1) is 13.1. The molecule has 1 atom stereocenters. The zero-order valence-electron chi connectivity index (χ0n) is 11.6. The Hall–Kier alpha value is -0.870. The highest BCUT2D eigenvalue weighted by Gasteiger charge is 2.34. The van der Waals surface area contributed by atoms with Crippen molar-refractivity contribution in [3.05, 3.63) is 16.5 Å². The Morgan fingerprint density at radius 3 is 2.68 bits per heavy atom. The van der Waals surface area contributed by atoms with E-state index in [0.717, 1.165) is 29.8 Å². The molecule has 0 spiro atoms. The van der Waals surface area contributed by atoms with E-state index in [1.165, 1.54) is 32.4 Å². The van der Waals surface area contributed by atoms with Gasteiger partial charge in [-0.2, -0.15) is 0 Å². The predicted octanol–water partition coefficient (Wildman–Crippen LogP) is 2.64. The topological polar surface area (TPSA) is 41.1 Å². The predicted molar refractivity (Wildman–Crippen MR) is 77.7 cm³/mol. The van der Waals surface area contributed by atoms with Crippen molar-refractivity contribution < 1.29 is 0 Å². The maximum Gasteiger partial charge on any atom is 0.171 e. The first-order valence-corrected chi connectivity index (χ1v) is 7.50. The molecule has 0 bridgehead atoms. The second-order valence-electron chi connectivity index (χ2n) is 5.80. The number of likely N-dealkylation sites (tertiary alicyclic amines) is 1. The Labute approximate surface area is 119 Å². The van der Waals surface area contributed by atoms with Crippen molar-refractivity contribution in [2.75, 3.05) is 25.0 Å². The molecule has 1 aromatic heterocycles. The van der Waals surface area contributed by atoms with Gasteiger partial charge >= 0.3 is 0 Å². The molecule has 1 saturated heterocycles. The molecule has 1 N–H and O–H groups in total. The van der Waals surface area contributed by atoms with E-state index < -0.39 is 0 Å². The van der Waals surface area contributed by atoms with Crippen LogP contribution in [0.15, 0.2) is 0 Å². The third-order valence-corrected chi connectivity index (χ3v) is 4.47. The Balaban J connectivity index is 1.56. The lowest BCUT2D eigenvalue weighted by Gasteiger charge is -2.16. The fourth-order valence-electron chi connectivity index (χ4n) is 2.73. The SMILES string of the molecule is Cc1nc(Cl)c(NCC2CCN(C3CC3)C2)nc1C. The van der Waals surface area contributed by atoms with Crippen LogP contribution in [0.1, 0.15) is 30.7 Å². The van der Waals surface area contributed by atoms with Gasteiger partial charge in [-0.3, -0.25) is 0 Å². The van der Waals surface area contributed by atoms with Crippen LogP contribution >= 0.6 is 11.6 Å². The molecule has 0 radical (unpaired) electrons. The number of rotatable bonds is 4. The molecule has 0 amide bonds. The monoisotopic (exact) mass is 280 g/mol. The number of nitrogens with one attached hydrogen (secondary N) is 1. The van der Waals surface area contributed by atoms with Gasteiger partial charge in [-0.1, -0.05) is 11.6 Å². The van der Waals surface area contributed by atoms with Crippen LogP contribution in [-0.4, -0.2) is 40.5 Å². The number of hydrogen-bond donors (Lipinski definition) is 1. The molecule has 1 unspecified atom stereocenters. The van der Waals surface area contributed by atoms with Crippen LogP contribution in [-0.2, 0) is 0 Å². The summed E-state index contributed by atoms with van der Waals surface area (Å²) in [6, 6.07) is 0.884. The standard InChI is InChI=1S/C14H21ClN4/c1-9-10(2)18-14(13(15)17-9)16-7-11-5-6-19(8-11)12-3-4-12/h11-12H,3-8H2,1-2H3,(H,16,18). The Kier molecular flexibility index (Phi) is 3.63. The van der Waals surface area contributed by atoms with Crippen LogP contribution in [0.5, 0.6) is 0 Å². The van der Waals surface area contributed by atoms with Gasteiger partial charge in [-0.15, -0.1) is 0 Å². The van der Waals surface area contributed by atoms with Crippen LogP contribution in [0, 0.1) is 19.8 Å². The van der Waals surface area contributed by atoms with Gasteiger partial charge in [0.1, 0.15) is 0 Å². The van der Waals surface area contributed by atoms with Crippen molar-refractivity contribution in [3.8, 4) is 0 Å². The highest BCUT2D eigenvalue weighted by atomic mass is 35.5. The van der Waals surface area contributed by atoms with Crippen molar-refractivity contribution in [3.63, 3.8) is 0 Å². The van der Waals surface area contributed by atoms with Gasteiger partial charge in [-0.25, -0.2) is 9.97 Å². The molecule has 19 heavy (non-hydrogen) atoms. The molecular formula is C14H21ClN4. The number of halogens is 1. The molecule has 1 aromatic rings. The van der Waals surface area contributed by atoms with Crippen LogP contribution in [0.2, 0.25) is 5.15 Å². The van der Waals surface area contributed by atoms with Crippen LogP contribution < -0.4 is 5.32 Å². The number of aromatic nitrogens is 2. The second-order valence-corrected chi connectivity index (χ2v) is 6.15. The molecule has 1 saturated carbocycles. The minimum Gasteiger partial charge on any atom is -0.367 e. The molecular weight excluding hydrogens is 260 g/mol. The van der Waals surface area contributed by atoms with Gasteiger partial charge in [0.2, 0.25) is 0 Å². The molecule has 3 rings (SSSR count). The van der Waals surface area contributed by atoms with Gasteiger partial charge in [0.05, 0.1) is 11.4 Å². The summed E-state index contributed by atoms with van der Waals surface area (Å²) >= 11 is 6.13. The van der Waals surface area contributed by atoms with E-state index in [2.05, 4.69) is 20.2 Å². The first-order valence-electron chi connectivity index (χ1n) is 7.12. The van der Waals surface area contributed by atoms with E-state index in [4.69, 9.17) is 11.6 Å². The molecule has 1 aliphatic heterocycles. The Morgan fingerprint density at radius 1 is 1.21 bits per heavy atom. The smallest absolute Gasteiger partial charge is 0.171 e. The maximum absolute atomic E-state index is 6.13. The van der Waals surface area contributed by atoms with Crippen molar-refractivity contribution in [2.45, 2.75) is 39.2 Å². The fourth-order valence-corrected chi connectivity index (χ4v) is 2.97. The lowest BCUT2D eigenvalue weighted by molar-refractivity contribution is 0.316. The van der Waals surface area contributed by atoms with Gasteiger partial charge in [-0.05, 0) is 45.6 Å². The van der Waals surface area contributed by atoms with Crippen molar-refractivity contribution >= 4 is 17.4 Å². The summed E-state index contributed by atoms with van der Waals surface area (Å²) in [6.45, 7) is 7.31. The van der Waals surface area contributed by atoms with Crippen molar-refractivity contribution in [1.29, 1.82) is 0 Å². The van der Waals surface area contributed by atoms with Crippen LogP contribution in [0.3, 0.4) is 0 Å². The second kappa shape index (κ2) is 5.25. The van der Waals surface area contributed by atoms with Gasteiger partial charge in [0, 0.05) is 19.1 Å². The largest absolute Gasteiger partial charge is 0.367 e. The van der Waals surface area contributed by atoms with Gasteiger partial charge in [0.15, 0.2) is 11.0 Å². The molecule has 5 heteroatoms. The summed E-state index contributed by atoms with van der Waals surface area (Å²) in [7, 11) is 0. The van der Waals surface area contributed by atoms with Crippen molar-refractivity contribution in [2.24, 2.45) is 5.92 Å². The van der Waals surface area contributed by atoms with E-state index in [9.17, 15) is 0 Å². The number of nitrogens with zero attached hydrogens (tertiary/aromatic N) is 3. The number of hydrogen-bond acceptors (Lipinski definition) is 4. The molecule has 104 valence electrons. The summed E-state index contributed by atoms with van der Waals surface area (Å²) in [5, 5.41) is 3.86. The van der Waals surface area contributed by atoms with E-state index in [-0.39, 0.29) is 0 Å². The number of aryl methyl sites for hydroxylation is 2. The lowest BCUT2D eigenvalue weighted by atomic mass is 10.1. The number of anilines is 1. The minimum absolute atomic E-state index is 0.486. The van der Waals surface area contributed by atoms with Gasteiger partial charge in [0.25, 0.3) is 0 Å². The third kappa shape index (κ3) is 3.00. The minimum atomic E-state index is 0.486. The zero-order chi connectivity index (χ0) is 13.4. The lowest BCUT2D eigenvalue weighted by Crippen LogP contribution is -2.25. The third-order valence-electron chi connectivity index (χ3n) is 4.20. The average molecular weight is 281 g/mol. The summed E-state index contributed by atoms with van der Waals surface area (Å²) in [5.74, 6) is 1.44. The Bertz CT molecular complexity index is 473. The molecule has 2 fully saturated rings. The van der Waals surface area contributed by atoms with E-state index in [1.54, 1.807) is 0 Å². The Morgan fingerprint density at radius 2 is 1.95 bits per heavy atom. The normalized spacial score (nSPS) is 23.8. The summed E-state index contributed by atoms with van der Waals surface area (Å²) < 4.78 is 0. The highest BCUT2D eigenvalue weighted by molar-refractivity contribution is 6.31. The maximum atomic E-state index is 6.13. The van der Waals surface area contributed by atoms with Crippen LogP contribution in [0.4, 0.5) is 5.82 Å². The summed E-state index contributed by atoms with van der Waals surface area (Å²) in [4.78, 5) is 11.4. The molecule has 2 aliphatic rings. The van der Waals surface area contributed by atoms with E-state index in [0.29, 0.717) is 11.1 Å². The summed E-state index contributed by atoms with van der Waals surface area (Å²) in [6.07, 6.45) is 4.07. The quantitative estimate of drug-likeness (QED) is 0.921. The zero-order valence-corrected chi connectivity index (χ0v) is 12.4. The fraction of sp³-hybridized carbons (Fsp3) is 0.714. The first-order chi connectivity index (χ1) is 9.13. The molecule has 1 aliphatic carbocycles. The average Bonchev–Trinajstić information content (AvgIpc) is 3.12. The highest BCUT2D eigenvalue weighted by Crippen LogP contribution is 2.31. The molecule has 2 heterocycles. The molecule has 0 aromatic carbocycles. The van der Waals surface area contributed by atoms with Crippen LogP contribution in [0.25, 0.3) is 0 Å². The van der Waals surface area contributed by atoms with E-state index in [1.807, 2.05) is 13.8 Å². The van der Waals surface area contributed by atoms with E-state index >= 15 is 0 Å².